The van der Waals surface area contributed by atoms with Crippen LogP contribution in [0.5, 0.6) is 0 Å². The van der Waals surface area contributed by atoms with E-state index in [1.165, 1.54) is 24.3 Å². The fourth-order valence-corrected chi connectivity index (χ4v) is 3.38. The Morgan fingerprint density at radius 2 is 1.78 bits per heavy atom. The number of carbonyl (C=O) groups excluding carboxylic acids is 2. The lowest BCUT2D eigenvalue weighted by Gasteiger charge is -2.23. The molecule has 1 aromatic carbocycles. The van der Waals surface area contributed by atoms with Crippen molar-refractivity contribution < 1.29 is 14.0 Å². The highest BCUT2D eigenvalue weighted by Crippen LogP contribution is 2.58. The summed E-state index contributed by atoms with van der Waals surface area (Å²) >= 11 is 0. The summed E-state index contributed by atoms with van der Waals surface area (Å²) < 4.78 is 12.8. The number of hydrogen-bond acceptors (Lipinski definition) is 3. The van der Waals surface area contributed by atoms with Crippen LogP contribution in [0.15, 0.2) is 24.3 Å². The van der Waals surface area contributed by atoms with Gasteiger partial charge in [0.1, 0.15) is 5.82 Å². The van der Waals surface area contributed by atoms with Crippen LogP contribution in [-0.2, 0) is 4.79 Å². The zero-order chi connectivity index (χ0) is 16.3. The van der Waals surface area contributed by atoms with Crippen LogP contribution < -0.4 is 16.0 Å². The van der Waals surface area contributed by atoms with E-state index in [0.717, 1.165) is 32.4 Å². The largest absolute Gasteiger partial charge is 0.354 e. The third kappa shape index (κ3) is 3.69. The molecule has 2 fully saturated rings. The standard InChI is InChI=1S/C17H22FN3O2/c18-13-3-1-12(2-4-13)15(22)20-9-10-21-16(23)14-11-17(14)5-7-19-8-6-17/h1-4,14,19H,5-11H2,(H,20,22)(H,21,23). The van der Waals surface area contributed by atoms with Crippen molar-refractivity contribution in [3.8, 4) is 0 Å². The fourth-order valence-electron chi connectivity index (χ4n) is 3.38. The van der Waals surface area contributed by atoms with Gasteiger partial charge in [-0.05, 0) is 62.0 Å². The second-order valence-corrected chi connectivity index (χ2v) is 6.42. The molecular weight excluding hydrogens is 297 g/mol. The van der Waals surface area contributed by atoms with Crippen molar-refractivity contribution in [2.45, 2.75) is 19.3 Å². The van der Waals surface area contributed by atoms with E-state index in [0.29, 0.717) is 18.7 Å². The first-order valence-electron chi connectivity index (χ1n) is 8.13. The van der Waals surface area contributed by atoms with E-state index in [2.05, 4.69) is 16.0 Å². The molecule has 1 unspecified atom stereocenters. The van der Waals surface area contributed by atoms with Gasteiger partial charge in [0.05, 0.1) is 0 Å². The SMILES string of the molecule is O=C(NCCNC(=O)C1CC12CCNCC2)c1ccc(F)cc1. The van der Waals surface area contributed by atoms with Crippen LogP contribution in [-0.4, -0.2) is 38.0 Å². The minimum absolute atomic E-state index is 0.0999. The van der Waals surface area contributed by atoms with Gasteiger partial charge in [0, 0.05) is 24.6 Å². The highest BCUT2D eigenvalue weighted by atomic mass is 19.1. The summed E-state index contributed by atoms with van der Waals surface area (Å²) in [5.41, 5.74) is 0.640. The van der Waals surface area contributed by atoms with Crippen LogP contribution in [0.3, 0.4) is 0 Å². The molecule has 3 N–H and O–H groups in total. The van der Waals surface area contributed by atoms with E-state index in [1.54, 1.807) is 0 Å². The van der Waals surface area contributed by atoms with Gasteiger partial charge in [-0.2, -0.15) is 0 Å². The van der Waals surface area contributed by atoms with Gasteiger partial charge in [-0.1, -0.05) is 0 Å². The molecular formula is C17H22FN3O2. The van der Waals surface area contributed by atoms with Crippen molar-refractivity contribution >= 4 is 11.8 Å². The van der Waals surface area contributed by atoms with Crippen LogP contribution in [0.1, 0.15) is 29.6 Å². The predicted molar refractivity (Wildman–Crippen MR) is 84.4 cm³/mol. The summed E-state index contributed by atoms with van der Waals surface area (Å²) in [6, 6.07) is 5.38. The number of benzene rings is 1. The van der Waals surface area contributed by atoms with Crippen molar-refractivity contribution in [1.82, 2.24) is 16.0 Å². The third-order valence-electron chi connectivity index (χ3n) is 4.92. The second kappa shape index (κ2) is 6.66. The molecule has 2 amide bonds. The Bertz CT molecular complexity index is 582. The molecule has 5 nitrogen and oxygen atoms in total. The number of halogens is 1. The molecule has 1 atom stereocenters. The molecule has 1 spiro atoms. The fraction of sp³-hybridized carbons (Fsp3) is 0.529. The Morgan fingerprint density at radius 1 is 1.13 bits per heavy atom. The van der Waals surface area contributed by atoms with Crippen molar-refractivity contribution in [3.05, 3.63) is 35.6 Å². The zero-order valence-corrected chi connectivity index (χ0v) is 13.0. The summed E-state index contributed by atoms with van der Waals surface area (Å²) in [6.07, 6.45) is 3.14. The molecule has 6 heteroatoms. The number of amides is 2. The zero-order valence-electron chi connectivity index (χ0n) is 13.0. The van der Waals surface area contributed by atoms with Crippen LogP contribution in [0, 0.1) is 17.2 Å². The van der Waals surface area contributed by atoms with Crippen LogP contribution in [0.2, 0.25) is 0 Å². The van der Waals surface area contributed by atoms with Gasteiger partial charge in [-0.15, -0.1) is 0 Å². The van der Waals surface area contributed by atoms with Gasteiger partial charge in [0.2, 0.25) is 5.91 Å². The number of piperidine rings is 1. The van der Waals surface area contributed by atoms with Crippen LogP contribution in [0.25, 0.3) is 0 Å². The molecule has 1 saturated heterocycles. The second-order valence-electron chi connectivity index (χ2n) is 6.42. The molecule has 2 aliphatic rings. The van der Waals surface area contributed by atoms with E-state index in [1.807, 2.05) is 0 Å². The van der Waals surface area contributed by atoms with E-state index >= 15 is 0 Å². The average Bonchev–Trinajstić information content (AvgIpc) is 3.25. The molecule has 1 aromatic rings. The number of hydrogen-bond donors (Lipinski definition) is 3. The molecule has 1 aliphatic carbocycles. The van der Waals surface area contributed by atoms with Gasteiger partial charge in [0.25, 0.3) is 5.91 Å². The Morgan fingerprint density at radius 3 is 2.48 bits per heavy atom. The van der Waals surface area contributed by atoms with Gasteiger partial charge < -0.3 is 16.0 Å². The maximum absolute atomic E-state index is 12.8. The van der Waals surface area contributed by atoms with E-state index in [-0.39, 0.29) is 29.0 Å². The summed E-state index contributed by atoms with van der Waals surface area (Å²) in [7, 11) is 0. The lowest BCUT2D eigenvalue weighted by Crippen LogP contribution is -2.37. The van der Waals surface area contributed by atoms with Crippen LogP contribution in [0.4, 0.5) is 4.39 Å². The van der Waals surface area contributed by atoms with E-state index in [4.69, 9.17) is 0 Å². The van der Waals surface area contributed by atoms with Crippen molar-refractivity contribution in [2.24, 2.45) is 11.3 Å². The van der Waals surface area contributed by atoms with Gasteiger partial charge >= 0.3 is 0 Å². The average molecular weight is 319 g/mol. The van der Waals surface area contributed by atoms with Crippen LogP contribution >= 0.6 is 0 Å². The monoisotopic (exact) mass is 319 g/mol. The highest BCUT2D eigenvalue weighted by Gasteiger charge is 2.57. The molecule has 23 heavy (non-hydrogen) atoms. The summed E-state index contributed by atoms with van der Waals surface area (Å²) in [4.78, 5) is 24.0. The lowest BCUT2D eigenvalue weighted by molar-refractivity contribution is -0.123. The number of carbonyl (C=O) groups is 2. The summed E-state index contributed by atoms with van der Waals surface area (Å²) in [5.74, 6) is -0.397. The van der Waals surface area contributed by atoms with Crippen molar-refractivity contribution in [3.63, 3.8) is 0 Å². The molecule has 1 saturated carbocycles. The Labute approximate surface area is 135 Å². The maximum Gasteiger partial charge on any atom is 0.251 e. The molecule has 0 radical (unpaired) electrons. The van der Waals surface area contributed by atoms with E-state index in [9.17, 15) is 14.0 Å². The molecule has 124 valence electrons. The third-order valence-corrected chi connectivity index (χ3v) is 4.92. The number of rotatable bonds is 5. The molecule has 0 aromatic heterocycles. The van der Waals surface area contributed by atoms with Crippen molar-refractivity contribution in [1.29, 1.82) is 0 Å². The number of nitrogens with one attached hydrogen (secondary N) is 3. The predicted octanol–water partition coefficient (Wildman–Crippen LogP) is 1.06. The minimum atomic E-state index is -0.370. The topological polar surface area (TPSA) is 70.2 Å². The first-order valence-corrected chi connectivity index (χ1v) is 8.13. The van der Waals surface area contributed by atoms with Crippen molar-refractivity contribution in [2.75, 3.05) is 26.2 Å². The van der Waals surface area contributed by atoms with Gasteiger partial charge in [-0.3, -0.25) is 9.59 Å². The molecule has 1 aliphatic heterocycles. The minimum Gasteiger partial charge on any atom is -0.354 e. The molecule has 3 rings (SSSR count). The smallest absolute Gasteiger partial charge is 0.251 e. The van der Waals surface area contributed by atoms with Gasteiger partial charge in [-0.25, -0.2) is 4.39 Å². The summed E-state index contributed by atoms with van der Waals surface area (Å²) in [5, 5.41) is 8.94. The quantitative estimate of drug-likeness (QED) is 0.711. The normalized spacial score (nSPS) is 21.7. The lowest BCUT2D eigenvalue weighted by atomic mass is 9.92. The highest BCUT2D eigenvalue weighted by molar-refractivity contribution is 5.94. The first-order chi connectivity index (χ1) is 11.1. The Kier molecular flexibility index (Phi) is 4.61. The Hall–Kier alpha value is -1.95. The van der Waals surface area contributed by atoms with Gasteiger partial charge in [0.15, 0.2) is 0 Å². The molecule has 1 heterocycles. The maximum atomic E-state index is 12.8. The summed E-state index contributed by atoms with van der Waals surface area (Å²) in [6.45, 7) is 2.77. The van der Waals surface area contributed by atoms with E-state index < -0.39 is 0 Å². The molecule has 0 bridgehead atoms. The first kappa shape index (κ1) is 15.9. The Balaban J connectivity index is 1.36.